The summed E-state index contributed by atoms with van der Waals surface area (Å²) in [6.07, 6.45) is 0.642. The van der Waals surface area contributed by atoms with Gasteiger partial charge in [-0.15, -0.1) is 0 Å². The first-order valence-corrected chi connectivity index (χ1v) is 9.18. The van der Waals surface area contributed by atoms with E-state index in [-0.39, 0.29) is 11.6 Å². The van der Waals surface area contributed by atoms with Gasteiger partial charge in [-0.3, -0.25) is 4.79 Å². The van der Waals surface area contributed by atoms with Crippen molar-refractivity contribution in [2.24, 2.45) is 0 Å². The summed E-state index contributed by atoms with van der Waals surface area (Å²) in [4.78, 5) is 30.3. The fourth-order valence-corrected chi connectivity index (χ4v) is 3.59. The molecule has 4 rings (SSSR count). The van der Waals surface area contributed by atoms with E-state index in [1.165, 1.54) is 0 Å². The molecule has 0 aliphatic rings. The molecule has 0 fully saturated rings. The van der Waals surface area contributed by atoms with E-state index in [1.54, 1.807) is 18.2 Å². The lowest BCUT2D eigenvalue weighted by Gasteiger charge is -2.32. The predicted molar refractivity (Wildman–Crippen MR) is 110 cm³/mol. The van der Waals surface area contributed by atoms with Crippen LogP contribution in [-0.2, 0) is 12.0 Å². The molecule has 140 valence electrons. The van der Waals surface area contributed by atoms with Gasteiger partial charge in [0.1, 0.15) is 0 Å². The topological polar surface area (TPSA) is 77.8 Å². The summed E-state index contributed by atoms with van der Waals surface area (Å²) < 4.78 is 0. The lowest BCUT2D eigenvalue weighted by Crippen LogP contribution is -2.45. The van der Waals surface area contributed by atoms with Crippen LogP contribution in [0.3, 0.4) is 0 Å². The van der Waals surface area contributed by atoms with Crippen LogP contribution < -0.4 is 11.0 Å². The number of imidazole rings is 1. The van der Waals surface area contributed by atoms with Gasteiger partial charge in [-0.05, 0) is 36.6 Å². The summed E-state index contributed by atoms with van der Waals surface area (Å²) in [5, 5.41) is 3.20. The molecule has 1 heterocycles. The largest absolute Gasteiger partial charge is 0.342 e. The number of carbonyl (C=O) groups excluding carboxylic acids is 1. The Hall–Kier alpha value is -3.60. The third-order valence-electron chi connectivity index (χ3n) is 5.00. The highest BCUT2D eigenvalue weighted by molar-refractivity contribution is 6.05. The minimum absolute atomic E-state index is 0.233. The molecule has 0 saturated carbocycles. The van der Waals surface area contributed by atoms with Crippen molar-refractivity contribution >= 4 is 16.9 Å². The monoisotopic (exact) mass is 371 g/mol. The van der Waals surface area contributed by atoms with E-state index in [9.17, 15) is 9.59 Å². The van der Waals surface area contributed by atoms with Crippen LogP contribution in [0.2, 0.25) is 0 Å². The molecule has 0 aliphatic carbocycles. The maximum absolute atomic E-state index is 13.2. The van der Waals surface area contributed by atoms with Crippen LogP contribution in [0.1, 0.15) is 28.4 Å². The van der Waals surface area contributed by atoms with Gasteiger partial charge < -0.3 is 15.3 Å². The van der Waals surface area contributed by atoms with Crippen molar-refractivity contribution < 1.29 is 4.79 Å². The van der Waals surface area contributed by atoms with Gasteiger partial charge in [0.05, 0.1) is 22.1 Å². The molecule has 0 bridgehead atoms. The lowest BCUT2D eigenvalue weighted by molar-refractivity contribution is 0.0905. The summed E-state index contributed by atoms with van der Waals surface area (Å²) in [6, 6.07) is 25.2. The number of rotatable bonds is 5. The van der Waals surface area contributed by atoms with E-state index >= 15 is 0 Å². The average molecular weight is 371 g/mol. The maximum atomic E-state index is 13.2. The van der Waals surface area contributed by atoms with Crippen molar-refractivity contribution in [2.75, 3.05) is 0 Å². The van der Waals surface area contributed by atoms with Crippen LogP contribution in [0, 0.1) is 0 Å². The molecule has 1 aromatic heterocycles. The molecule has 1 unspecified atom stereocenters. The summed E-state index contributed by atoms with van der Waals surface area (Å²) in [5.41, 5.74) is 2.77. The molecule has 4 aromatic rings. The van der Waals surface area contributed by atoms with Crippen LogP contribution >= 0.6 is 0 Å². The highest BCUT2D eigenvalue weighted by atomic mass is 16.2. The zero-order valence-corrected chi connectivity index (χ0v) is 15.5. The number of nitrogens with one attached hydrogen (secondary N) is 3. The first-order chi connectivity index (χ1) is 13.5. The molecule has 5 nitrogen and oxygen atoms in total. The van der Waals surface area contributed by atoms with Gasteiger partial charge in [0.25, 0.3) is 5.91 Å². The van der Waals surface area contributed by atoms with E-state index in [1.807, 2.05) is 55.5 Å². The fraction of sp³-hybridized carbons (Fsp3) is 0.130. The number of aromatic nitrogens is 2. The standard InChI is InChI=1S/C23H21N3O2/c1-23(17-11-6-3-7-12-17,15-16-9-4-2-5-10-16)26-21(27)18-13-8-14-19-20(18)25-22(28)24-19/h2-14H,15H2,1H3,(H,26,27)(H2,24,25,28). The molecule has 0 radical (unpaired) electrons. The van der Waals surface area contributed by atoms with E-state index < -0.39 is 5.54 Å². The Morgan fingerprint density at radius 1 is 0.893 bits per heavy atom. The first kappa shape index (κ1) is 17.8. The Bertz CT molecular complexity index is 1160. The number of H-pyrrole nitrogens is 2. The number of aromatic amines is 2. The molecule has 0 aliphatic heterocycles. The Kier molecular flexibility index (Phi) is 4.57. The van der Waals surface area contributed by atoms with Crippen molar-refractivity contribution in [3.8, 4) is 0 Å². The SMILES string of the molecule is CC(Cc1ccccc1)(NC(=O)c1cccc2[nH]c(=O)[nH]c12)c1ccccc1. The number of para-hydroxylation sites is 1. The number of fused-ring (bicyclic) bond motifs is 1. The van der Waals surface area contributed by atoms with Crippen LogP contribution in [-0.4, -0.2) is 15.9 Å². The highest BCUT2D eigenvalue weighted by Gasteiger charge is 2.30. The molecule has 0 spiro atoms. The van der Waals surface area contributed by atoms with Crippen LogP contribution in [0.15, 0.2) is 83.7 Å². The molecule has 1 atom stereocenters. The quantitative estimate of drug-likeness (QED) is 0.500. The van der Waals surface area contributed by atoms with Crippen molar-refractivity contribution in [1.29, 1.82) is 0 Å². The Balaban J connectivity index is 1.73. The van der Waals surface area contributed by atoms with Gasteiger partial charge in [-0.2, -0.15) is 0 Å². The second-order valence-electron chi connectivity index (χ2n) is 7.12. The molecule has 3 aromatic carbocycles. The fourth-order valence-electron chi connectivity index (χ4n) is 3.59. The summed E-state index contributed by atoms with van der Waals surface area (Å²) >= 11 is 0. The molecule has 3 N–H and O–H groups in total. The Morgan fingerprint density at radius 2 is 1.57 bits per heavy atom. The predicted octanol–water partition coefficient (Wildman–Crippen LogP) is 3.74. The minimum Gasteiger partial charge on any atom is -0.342 e. The van der Waals surface area contributed by atoms with Gasteiger partial charge in [0.2, 0.25) is 0 Å². The van der Waals surface area contributed by atoms with Crippen LogP contribution in [0.25, 0.3) is 11.0 Å². The molecule has 1 amide bonds. The third-order valence-corrected chi connectivity index (χ3v) is 5.00. The number of amides is 1. The van der Waals surface area contributed by atoms with Gasteiger partial charge in [0.15, 0.2) is 0 Å². The van der Waals surface area contributed by atoms with Gasteiger partial charge in [-0.25, -0.2) is 4.79 Å². The minimum atomic E-state index is -0.613. The lowest BCUT2D eigenvalue weighted by atomic mass is 9.85. The van der Waals surface area contributed by atoms with E-state index in [2.05, 4.69) is 27.4 Å². The van der Waals surface area contributed by atoms with Crippen molar-refractivity contribution in [1.82, 2.24) is 15.3 Å². The van der Waals surface area contributed by atoms with Crippen molar-refractivity contribution in [3.05, 3.63) is 106 Å². The first-order valence-electron chi connectivity index (χ1n) is 9.18. The number of carbonyl (C=O) groups is 1. The van der Waals surface area contributed by atoms with Crippen molar-refractivity contribution in [2.45, 2.75) is 18.9 Å². The number of hydrogen-bond acceptors (Lipinski definition) is 2. The second kappa shape index (κ2) is 7.19. The van der Waals surface area contributed by atoms with E-state index in [0.717, 1.165) is 11.1 Å². The molecule has 28 heavy (non-hydrogen) atoms. The normalized spacial score (nSPS) is 13.2. The molecule has 0 saturated heterocycles. The highest BCUT2D eigenvalue weighted by Crippen LogP contribution is 2.27. The van der Waals surface area contributed by atoms with Gasteiger partial charge in [-0.1, -0.05) is 66.7 Å². The maximum Gasteiger partial charge on any atom is 0.323 e. The zero-order valence-electron chi connectivity index (χ0n) is 15.5. The van der Waals surface area contributed by atoms with Crippen molar-refractivity contribution in [3.63, 3.8) is 0 Å². The number of hydrogen-bond donors (Lipinski definition) is 3. The molecular formula is C23H21N3O2. The second-order valence-corrected chi connectivity index (χ2v) is 7.12. The molecular weight excluding hydrogens is 350 g/mol. The molecule has 5 heteroatoms. The van der Waals surface area contributed by atoms with Gasteiger partial charge >= 0.3 is 5.69 Å². The average Bonchev–Trinajstić information content (AvgIpc) is 3.09. The van der Waals surface area contributed by atoms with E-state index in [4.69, 9.17) is 0 Å². The van der Waals surface area contributed by atoms with Crippen LogP contribution in [0.5, 0.6) is 0 Å². The summed E-state index contributed by atoms with van der Waals surface area (Å²) in [7, 11) is 0. The summed E-state index contributed by atoms with van der Waals surface area (Å²) in [6.45, 7) is 2.02. The van der Waals surface area contributed by atoms with Crippen LogP contribution in [0.4, 0.5) is 0 Å². The number of benzene rings is 3. The Labute approximate surface area is 162 Å². The Morgan fingerprint density at radius 3 is 2.29 bits per heavy atom. The summed E-state index contributed by atoms with van der Waals surface area (Å²) in [5.74, 6) is -0.233. The third kappa shape index (κ3) is 3.47. The smallest absolute Gasteiger partial charge is 0.323 e. The zero-order chi connectivity index (χ0) is 19.6. The van der Waals surface area contributed by atoms with E-state index in [0.29, 0.717) is 23.0 Å². The van der Waals surface area contributed by atoms with Gasteiger partial charge in [0, 0.05) is 0 Å².